The number of carbonyl (C=O) groups excluding carboxylic acids is 5. The Balaban J connectivity index is 1.08. The zero-order valence-electron chi connectivity index (χ0n) is 32.1. The number of guanidine groups is 1. The molecular weight excluding hydrogens is 765 g/mol. The van der Waals surface area contributed by atoms with Gasteiger partial charge in [-0.05, 0) is 63.8 Å². The maximum Gasteiger partial charge on any atom is 0.328 e. The Kier molecular flexibility index (Phi) is 13.6. The average Bonchev–Trinajstić information content (AvgIpc) is 4.03. The summed E-state index contributed by atoms with van der Waals surface area (Å²) in [6.45, 7) is 3.85. The summed E-state index contributed by atoms with van der Waals surface area (Å²) >= 11 is 2.45. The number of nitrogens with zero attached hydrogens (tertiary/aromatic N) is 4. The predicted molar refractivity (Wildman–Crippen MR) is 224 cm³/mol. The Morgan fingerprint density at radius 2 is 1.35 bits per heavy atom. The number of aryl methyl sites for hydroxylation is 2. The molecule has 8 N–H and O–H groups in total. The van der Waals surface area contributed by atoms with Crippen LogP contribution in [0.3, 0.4) is 0 Å². The highest BCUT2D eigenvalue weighted by atomic mass is 32.1. The van der Waals surface area contributed by atoms with E-state index in [1.165, 1.54) is 27.6 Å². The van der Waals surface area contributed by atoms with Crippen LogP contribution in [0.2, 0.25) is 0 Å². The highest BCUT2D eigenvalue weighted by molar-refractivity contribution is 7.16. The third-order valence-electron chi connectivity index (χ3n) is 10.0. The minimum atomic E-state index is -0.630. The predicted octanol–water partition coefficient (Wildman–Crippen LogP) is 6.78. The van der Waals surface area contributed by atoms with E-state index in [1.807, 2.05) is 26.0 Å². The van der Waals surface area contributed by atoms with Gasteiger partial charge in [0.25, 0.3) is 0 Å². The number of nitrogens with one attached hydrogen (secondary N) is 4. The molecular formula is C40H48N10O5S2. The van der Waals surface area contributed by atoms with Crippen LogP contribution in [0.5, 0.6) is 0 Å². The smallest absolute Gasteiger partial charge is 0.328 e. The Hall–Kier alpha value is -5.68. The number of carbonyl (C=O) groups is 5. The molecule has 0 unspecified atom stereocenters. The van der Waals surface area contributed by atoms with Gasteiger partial charge in [0.1, 0.15) is 6.54 Å². The highest BCUT2D eigenvalue weighted by Gasteiger charge is 2.30. The summed E-state index contributed by atoms with van der Waals surface area (Å²) in [4.78, 5) is 82.7. The number of urea groups is 2. The van der Waals surface area contributed by atoms with Crippen molar-refractivity contribution in [1.82, 2.24) is 15.3 Å². The van der Waals surface area contributed by atoms with Gasteiger partial charge in [0.15, 0.2) is 27.8 Å². The molecule has 2 aromatic carbocycles. The number of anilines is 4. The highest BCUT2D eigenvalue weighted by Crippen LogP contribution is 2.34. The van der Waals surface area contributed by atoms with Gasteiger partial charge in [-0.25, -0.2) is 24.5 Å². The van der Waals surface area contributed by atoms with Crippen LogP contribution in [-0.2, 0) is 17.8 Å². The molecule has 0 atom stereocenters. The molecule has 2 fully saturated rings. The van der Waals surface area contributed by atoms with E-state index in [1.54, 1.807) is 36.7 Å². The van der Waals surface area contributed by atoms with Gasteiger partial charge in [-0.3, -0.25) is 29.9 Å². The lowest BCUT2D eigenvalue weighted by Gasteiger charge is -2.25. The molecule has 2 saturated carbocycles. The van der Waals surface area contributed by atoms with Crippen molar-refractivity contribution in [2.45, 2.75) is 78.2 Å². The van der Waals surface area contributed by atoms with Gasteiger partial charge in [0, 0.05) is 58.1 Å². The summed E-state index contributed by atoms with van der Waals surface area (Å²) in [6, 6.07) is 9.56. The van der Waals surface area contributed by atoms with E-state index < -0.39 is 18.0 Å². The largest absolute Gasteiger partial charge is 0.370 e. The monoisotopic (exact) mass is 812 g/mol. The molecule has 0 aliphatic heterocycles. The Labute approximate surface area is 339 Å². The summed E-state index contributed by atoms with van der Waals surface area (Å²) in [5.74, 6) is -0.665. The van der Waals surface area contributed by atoms with E-state index in [2.05, 4.69) is 36.2 Å². The molecule has 300 valence electrons. The minimum Gasteiger partial charge on any atom is -0.370 e. The zero-order chi connectivity index (χ0) is 40.5. The van der Waals surface area contributed by atoms with Crippen LogP contribution in [0.15, 0.2) is 53.8 Å². The molecule has 15 nitrogen and oxygen atoms in total. The third-order valence-corrected chi connectivity index (χ3v) is 11.9. The fraction of sp³-hybridized carbons (Fsp3) is 0.400. The number of aliphatic imine (C=N–C) groups is 1. The Morgan fingerprint density at radius 3 is 2.02 bits per heavy atom. The van der Waals surface area contributed by atoms with Gasteiger partial charge >= 0.3 is 12.1 Å². The molecule has 2 aromatic heterocycles. The van der Waals surface area contributed by atoms with Crippen molar-refractivity contribution in [3.05, 3.63) is 80.8 Å². The molecule has 2 heterocycles. The van der Waals surface area contributed by atoms with Gasteiger partial charge in [0.05, 0.1) is 17.9 Å². The standard InChI is InChI=1S/C40H48N10O5S2/c1-23-11-13-31(29(17-23)34(52)25-7-3-4-8-25)47-37(54)48-38-45-19-27(56-38)15-16-43-33(51)22-50(40(55)49-39-46-21-28(57-39)20-44-36(41)42)32-14-12-24(2)18-30(32)35(53)26-9-5-6-10-26/h11-14,17-19,21,25-26H,3-10,15-16,20,22H2,1-2H3,(H,43,51)(H4,41,42,44)(H,46,49,55)(H2,45,47,48,54). The second-order valence-electron chi connectivity index (χ2n) is 14.5. The van der Waals surface area contributed by atoms with E-state index in [0.29, 0.717) is 38.9 Å². The second-order valence-corrected chi connectivity index (χ2v) is 16.7. The molecule has 4 aromatic rings. The van der Waals surface area contributed by atoms with Gasteiger partial charge in [-0.1, -0.05) is 60.3 Å². The summed E-state index contributed by atoms with van der Waals surface area (Å²) in [7, 11) is 0. The normalized spacial score (nSPS) is 14.2. The van der Waals surface area contributed by atoms with Crippen molar-refractivity contribution in [3.63, 3.8) is 0 Å². The quantitative estimate of drug-likeness (QED) is 0.0422. The van der Waals surface area contributed by atoms with Crippen LogP contribution in [-0.4, -0.2) is 58.6 Å². The molecule has 0 bridgehead atoms. The molecule has 57 heavy (non-hydrogen) atoms. The summed E-state index contributed by atoms with van der Waals surface area (Å²) in [5.41, 5.74) is 14.4. The molecule has 0 saturated heterocycles. The number of ketones is 2. The first-order valence-electron chi connectivity index (χ1n) is 19.1. The summed E-state index contributed by atoms with van der Waals surface area (Å²) < 4.78 is 0. The van der Waals surface area contributed by atoms with Gasteiger partial charge in [-0.2, -0.15) is 0 Å². The number of amides is 5. The fourth-order valence-electron chi connectivity index (χ4n) is 7.16. The number of nitrogens with two attached hydrogens (primary N) is 2. The van der Waals surface area contributed by atoms with E-state index in [9.17, 15) is 24.0 Å². The first-order chi connectivity index (χ1) is 27.4. The number of hydrogen-bond donors (Lipinski definition) is 6. The average molecular weight is 813 g/mol. The van der Waals surface area contributed by atoms with Crippen LogP contribution in [0, 0.1) is 25.7 Å². The molecule has 6 rings (SSSR count). The van der Waals surface area contributed by atoms with E-state index in [4.69, 9.17) is 11.5 Å². The van der Waals surface area contributed by atoms with Crippen LogP contribution >= 0.6 is 22.7 Å². The van der Waals surface area contributed by atoms with E-state index in [0.717, 1.165) is 67.4 Å². The van der Waals surface area contributed by atoms with Crippen molar-refractivity contribution >= 4 is 79.8 Å². The molecule has 0 spiro atoms. The maximum absolute atomic E-state index is 13.9. The van der Waals surface area contributed by atoms with Gasteiger partial charge in [0.2, 0.25) is 5.91 Å². The molecule has 2 aliphatic carbocycles. The van der Waals surface area contributed by atoms with Crippen molar-refractivity contribution in [1.29, 1.82) is 0 Å². The summed E-state index contributed by atoms with van der Waals surface area (Å²) in [6.07, 6.45) is 10.9. The van der Waals surface area contributed by atoms with Gasteiger partial charge in [-0.15, -0.1) is 11.3 Å². The number of Topliss-reactive ketones (excluding diaryl/α,β-unsaturated/α-hetero) is 2. The second kappa shape index (κ2) is 19.0. The zero-order valence-corrected chi connectivity index (χ0v) is 33.7. The maximum atomic E-state index is 13.9. The topological polar surface area (TPSA) is 227 Å². The first kappa shape index (κ1) is 41.0. The van der Waals surface area contributed by atoms with E-state index >= 15 is 0 Å². The van der Waals surface area contributed by atoms with Crippen molar-refractivity contribution in [2.24, 2.45) is 28.3 Å². The van der Waals surface area contributed by atoms with Crippen molar-refractivity contribution in [3.8, 4) is 0 Å². The van der Waals surface area contributed by atoms with Crippen molar-refractivity contribution in [2.75, 3.05) is 33.9 Å². The Bertz CT molecular complexity index is 2150. The third kappa shape index (κ3) is 11.0. The molecule has 5 amide bonds. The van der Waals surface area contributed by atoms with Crippen LogP contribution < -0.4 is 37.6 Å². The Morgan fingerprint density at radius 1 is 0.772 bits per heavy atom. The lowest BCUT2D eigenvalue weighted by molar-refractivity contribution is -0.119. The van der Waals surface area contributed by atoms with Crippen LogP contribution in [0.4, 0.5) is 31.2 Å². The lowest BCUT2D eigenvalue weighted by atomic mass is 9.93. The first-order valence-corrected chi connectivity index (χ1v) is 20.7. The van der Waals surface area contributed by atoms with Crippen LogP contribution in [0.25, 0.3) is 0 Å². The number of rotatable bonds is 15. The number of thiazole rings is 2. The van der Waals surface area contributed by atoms with Crippen molar-refractivity contribution < 1.29 is 24.0 Å². The summed E-state index contributed by atoms with van der Waals surface area (Å²) in [5, 5.41) is 11.8. The lowest BCUT2D eigenvalue weighted by Crippen LogP contribution is -2.44. The fourth-order valence-corrected chi connectivity index (χ4v) is 8.69. The molecule has 17 heteroatoms. The SMILES string of the molecule is Cc1ccc(NC(=O)Nc2ncc(CCNC(=O)CN(C(=O)Nc3ncc(CN=C(N)N)s3)c3ccc(C)cc3C(=O)C3CCCC3)s2)c(C(=O)C2CCCC2)c1. The molecule has 2 aliphatic rings. The molecule has 0 radical (unpaired) electrons. The number of benzene rings is 2. The van der Waals surface area contributed by atoms with E-state index in [-0.39, 0.29) is 54.1 Å². The number of aromatic nitrogens is 2. The number of hydrogen-bond acceptors (Lipinski definition) is 10. The van der Waals surface area contributed by atoms with Gasteiger partial charge < -0.3 is 22.1 Å². The minimum absolute atomic E-state index is 0.0239. The van der Waals surface area contributed by atoms with Crippen LogP contribution in [0.1, 0.15) is 93.0 Å².